The normalized spacial score (nSPS) is 9.64. The van der Waals surface area contributed by atoms with Crippen molar-refractivity contribution in [3.05, 3.63) is 17.0 Å². The number of hydrogen-bond acceptors (Lipinski definition) is 3. The molecule has 58 valence electrons. The van der Waals surface area contributed by atoms with Crippen molar-refractivity contribution in [2.24, 2.45) is 0 Å². The highest BCUT2D eigenvalue weighted by Gasteiger charge is 2.02. The molecule has 11 heavy (non-hydrogen) atoms. The molecule has 0 aliphatic rings. The van der Waals surface area contributed by atoms with E-state index in [4.69, 9.17) is 5.26 Å². The maximum absolute atomic E-state index is 8.64. The Morgan fingerprint density at radius 1 is 1.64 bits per heavy atom. The van der Waals surface area contributed by atoms with E-state index in [0.29, 0.717) is 6.04 Å². The maximum atomic E-state index is 8.64. The zero-order valence-electron chi connectivity index (χ0n) is 6.59. The van der Waals surface area contributed by atoms with Crippen LogP contribution in [0, 0.1) is 11.3 Å². The second-order valence-corrected chi connectivity index (χ2v) is 3.49. The van der Waals surface area contributed by atoms with E-state index in [1.54, 1.807) is 11.3 Å². The Bertz CT molecular complexity index is 270. The molecule has 0 aromatic carbocycles. The molecule has 0 spiro atoms. The number of nitriles is 1. The molecule has 0 bridgehead atoms. The lowest BCUT2D eigenvalue weighted by molar-refractivity contribution is 0.904. The lowest BCUT2D eigenvalue weighted by Crippen LogP contribution is -2.08. The lowest BCUT2D eigenvalue weighted by Gasteiger charge is -2.06. The molecule has 0 fully saturated rings. The summed E-state index contributed by atoms with van der Waals surface area (Å²) in [5.41, 5.74) is 0.740. The Morgan fingerprint density at radius 2 is 2.36 bits per heavy atom. The molecule has 3 heteroatoms. The molecule has 0 aliphatic heterocycles. The summed E-state index contributed by atoms with van der Waals surface area (Å²) in [6.07, 6.45) is 0. The van der Waals surface area contributed by atoms with Crippen LogP contribution in [0.4, 0.5) is 5.00 Å². The summed E-state index contributed by atoms with van der Waals surface area (Å²) >= 11 is 1.57. The van der Waals surface area contributed by atoms with E-state index in [-0.39, 0.29) is 0 Å². The van der Waals surface area contributed by atoms with Crippen molar-refractivity contribution in [3.8, 4) is 6.07 Å². The van der Waals surface area contributed by atoms with Crippen LogP contribution in [0.5, 0.6) is 0 Å². The second-order valence-electron chi connectivity index (χ2n) is 2.57. The van der Waals surface area contributed by atoms with Crippen molar-refractivity contribution in [1.29, 1.82) is 5.26 Å². The molecule has 1 rings (SSSR count). The topological polar surface area (TPSA) is 35.8 Å². The van der Waals surface area contributed by atoms with Gasteiger partial charge in [-0.3, -0.25) is 0 Å². The smallest absolute Gasteiger partial charge is 0.107 e. The molecule has 1 heterocycles. The van der Waals surface area contributed by atoms with Crippen molar-refractivity contribution in [3.63, 3.8) is 0 Å². The average molecular weight is 166 g/mol. The van der Waals surface area contributed by atoms with E-state index in [1.807, 2.05) is 11.4 Å². The minimum atomic E-state index is 0.390. The van der Waals surface area contributed by atoms with Crippen LogP contribution in [0.2, 0.25) is 0 Å². The third-order valence-corrected chi connectivity index (χ3v) is 2.05. The van der Waals surface area contributed by atoms with Gasteiger partial charge >= 0.3 is 0 Å². The van der Waals surface area contributed by atoms with Gasteiger partial charge in [0, 0.05) is 6.04 Å². The molecule has 1 aromatic heterocycles. The number of hydrogen-bond donors (Lipinski definition) is 1. The molecule has 0 unspecified atom stereocenters. The summed E-state index contributed by atoms with van der Waals surface area (Å²) in [4.78, 5) is 0. The van der Waals surface area contributed by atoms with Crippen LogP contribution in [-0.4, -0.2) is 6.04 Å². The molecule has 0 saturated heterocycles. The molecular weight excluding hydrogens is 156 g/mol. The first-order valence-electron chi connectivity index (χ1n) is 3.48. The fourth-order valence-electron chi connectivity index (χ4n) is 0.771. The van der Waals surface area contributed by atoms with Crippen LogP contribution in [0.3, 0.4) is 0 Å². The zero-order chi connectivity index (χ0) is 8.27. The Hall–Kier alpha value is -1.01. The minimum absolute atomic E-state index is 0.390. The van der Waals surface area contributed by atoms with Gasteiger partial charge in [-0.15, -0.1) is 11.3 Å². The van der Waals surface area contributed by atoms with Crippen LogP contribution < -0.4 is 5.32 Å². The summed E-state index contributed by atoms with van der Waals surface area (Å²) in [5, 5.41) is 14.7. The van der Waals surface area contributed by atoms with Gasteiger partial charge in [-0.1, -0.05) is 0 Å². The zero-order valence-corrected chi connectivity index (χ0v) is 7.40. The largest absolute Gasteiger partial charge is 0.374 e. The standard InChI is InChI=1S/C8H10N2S/c1-6(2)10-8-7(5-9)3-4-11-8/h3-4,6,10H,1-2H3. The van der Waals surface area contributed by atoms with Crippen molar-refractivity contribution in [2.45, 2.75) is 19.9 Å². The Balaban J connectivity index is 2.79. The predicted octanol–water partition coefficient (Wildman–Crippen LogP) is 2.44. The molecule has 0 amide bonds. The Labute approximate surface area is 70.5 Å². The summed E-state index contributed by atoms with van der Waals surface area (Å²) in [6.45, 7) is 4.11. The van der Waals surface area contributed by atoms with Crippen molar-refractivity contribution in [2.75, 3.05) is 5.32 Å². The molecule has 2 nitrogen and oxygen atoms in total. The van der Waals surface area contributed by atoms with Crippen LogP contribution in [0.1, 0.15) is 19.4 Å². The monoisotopic (exact) mass is 166 g/mol. The van der Waals surface area contributed by atoms with Gasteiger partial charge < -0.3 is 5.32 Å². The second kappa shape index (κ2) is 3.40. The minimum Gasteiger partial charge on any atom is -0.374 e. The summed E-state index contributed by atoms with van der Waals surface area (Å²) < 4.78 is 0. The first kappa shape index (κ1) is 8.09. The van der Waals surface area contributed by atoms with E-state index in [2.05, 4.69) is 25.2 Å². The van der Waals surface area contributed by atoms with E-state index < -0.39 is 0 Å². The fraction of sp³-hybridized carbons (Fsp3) is 0.375. The third-order valence-electron chi connectivity index (χ3n) is 1.21. The van der Waals surface area contributed by atoms with Crippen molar-refractivity contribution < 1.29 is 0 Å². The van der Waals surface area contributed by atoms with E-state index in [9.17, 15) is 0 Å². The third kappa shape index (κ3) is 1.95. The van der Waals surface area contributed by atoms with Gasteiger partial charge in [0.15, 0.2) is 0 Å². The van der Waals surface area contributed by atoms with Crippen molar-refractivity contribution >= 4 is 16.3 Å². The van der Waals surface area contributed by atoms with Crippen molar-refractivity contribution in [1.82, 2.24) is 0 Å². The molecule has 1 N–H and O–H groups in total. The number of nitrogens with one attached hydrogen (secondary N) is 1. The molecule has 0 atom stereocenters. The number of anilines is 1. The number of rotatable bonds is 2. The van der Waals surface area contributed by atoms with Gasteiger partial charge in [0.25, 0.3) is 0 Å². The van der Waals surface area contributed by atoms with Gasteiger partial charge in [0.05, 0.1) is 5.56 Å². The van der Waals surface area contributed by atoms with Gasteiger partial charge in [-0.05, 0) is 25.3 Å². The first-order valence-corrected chi connectivity index (χ1v) is 4.36. The Morgan fingerprint density at radius 3 is 2.91 bits per heavy atom. The average Bonchev–Trinajstić information content (AvgIpc) is 2.34. The van der Waals surface area contributed by atoms with E-state index in [0.717, 1.165) is 10.6 Å². The number of nitrogens with zero attached hydrogens (tertiary/aromatic N) is 1. The maximum Gasteiger partial charge on any atom is 0.107 e. The highest BCUT2D eigenvalue weighted by Crippen LogP contribution is 2.22. The summed E-state index contributed by atoms with van der Waals surface area (Å²) in [6, 6.07) is 4.35. The quantitative estimate of drug-likeness (QED) is 0.732. The fourth-order valence-corrected chi connectivity index (χ4v) is 1.66. The number of thiophene rings is 1. The lowest BCUT2D eigenvalue weighted by atomic mass is 10.3. The first-order chi connectivity index (χ1) is 5.24. The summed E-state index contributed by atoms with van der Waals surface area (Å²) in [5.74, 6) is 0. The Kier molecular flexibility index (Phi) is 2.50. The SMILES string of the molecule is CC(C)Nc1sccc1C#N. The van der Waals surface area contributed by atoms with Crippen LogP contribution >= 0.6 is 11.3 Å². The van der Waals surface area contributed by atoms with Crippen LogP contribution in [0.25, 0.3) is 0 Å². The molecule has 1 aromatic rings. The van der Waals surface area contributed by atoms with E-state index in [1.165, 1.54) is 0 Å². The van der Waals surface area contributed by atoms with Gasteiger partial charge in [0.1, 0.15) is 11.1 Å². The molecule has 0 radical (unpaired) electrons. The predicted molar refractivity (Wildman–Crippen MR) is 47.8 cm³/mol. The molecule has 0 aliphatic carbocycles. The highest BCUT2D eigenvalue weighted by molar-refractivity contribution is 7.14. The van der Waals surface area contributed by atoms with Gasteiger partial charge in [-0.25, -0.2) is 0 Å². The molecule has 0 saturated carbocycles. The van der Waals surface area contributed by atoms with Gasteiger partial charge in [-0.2, -0.15) is 5.26 Å². The van der Waals surface area contributed by atoms with Gasteiger partial charge in [0.2, 0.25) is 0 Å². The molecular formula is C8H10N2S. The summed E-state index contributed by atoms with van der Waals surface area (Å²) in [7, 11) is 0. The van der Waals surface area contributed by atoms with Crippen LogP contribution in [-0.2, 0) is 0 Å². The van der Waals surface area contributed by atoms with Crippen LogP contribution in [0.15, 0.2) is 11.4 Å². The highest BCUT2D eigenvalue weighted by atomic mass is 32.1. The van der Waals surface area contributed by atoms with E-state index >= 15 is 0 Å².